The van der Waals surface area contributed by atoms with Crippen LogP contribution in [0.3, 0.4) is 0 Å². The van der Waals surface area contributed by atoms with E-state index in [2.05, 4.69) is 41.9 Å². The van der Waals surface area contributed by atoms with Gasteiger partial charge in [0.25, 0.3) is 5.91 Å². The number of anilines is 2. The first-order chi connectivity index (χ1) is 12.9. The molecule has 0 fully saturated rings. The number of hydrogen-bond acceptors (Lipinski definition) is 2. The Bertz CT molecular complexity index is 1010. The zero-order valence-electron chi connectivity index (χ0n) is 14.3. The quantitative estimate of drug-likeness (QED) is 0.451. The van der Waals surface area contributed by atoms with Crippen LogP contribution in [-0.4, -0.2) is 10.1 Å². The number of nitrogens with one attached hydrogen (secondary N) is 2. The molecule has 0 spiro atoms. The van der Waals surface area contributed by atoms with Gasteiger partial charge >= 0.3 is 0 Å². The number of carbonyl (C=O) groups is 1. The fourth-order valence-electron chi connectivity index (χ4n) is 2.44. The molecule has 27 heavy (non-hydrogen) atoms. The smallest absolute Gasteiger partial charge is 0.257 e. The number of benzene rings is 3. The van der Waals surface area contributed by atoms with E-state index in [1.807, 2.05) is 37.3 Å². The average Bonchev–Trinajstić information content (AvgIpc) is 2.65. The SMILES string of the molecule is Cc1ccccc1S(=O)Nc1ccc(Br)cc1C(=O)Nc1ccc(Br)cc1. The summed E-state index contributed by atoms with van der Waals surface area (Å²) in [6.45, 7) is 1.90. The molecule has 3 rings (SSSR count). The third-order valence-corrected chi connectivity index (χ3v) is 6.11. The van der Waals surface area contributed by atoms with Crippen molar-refractivity contribution in [2.75, 3.05) is 10.0 Å². The summed E-state index contributed by atoms with van der Waals surface area (Å²) in [6.07, 6.45) is 0. The van der Waals surface area contributed by atoms with Crippen molar-refractivity contribution < 1.29 is 9.00 Å². The summed E-state index contributed by atoms with van der Waals surface area (Å²) < 4.78 is 17.4. The molecule has 3 aromatic rings. The maximum Gasteiger partial charge on any atom is 0.257 e. The Balaban J connectivity index is 1.86. The number of carbonyl (C=O) groups excluding carboxylic acids is 1. The molecule has 1 unspecified atom stereocenters. The molecule has 0 aliphatic rings. The fourth-order valence-corrected chi connectivity index (χ4v) is 4.12. The van der Waals surface area contributed by atoms with Crippen molar-refractivity contribution in [2.45, 2.75) is 11.8 Å². The summed E-state index contributed by atoms with van der Waals surface area (Å²) in [7, 11) is -1.48. The lowest BCUT2D eigenvalue weighted by molar-refractivity contribution is 0.102. The summed E-state index contributed by atoms with van der Waals surface area (Å²) >= 11 is 6.76. The molecule has 1 atom stereocenters. The lowest BCUT2D eigenvalue weighted by Crippen LogP contribution is -2.16. The zero-order valence-corrected chi connectivity index (χ0v) is 18.3. The Morgan fingerprint density at radius 3 is 2.30 bits per heavy atom. The first-order valence-corrected chi connectivity index (χ1v) is 10.8. The Morgan fingerprint density at radius 2 is 1.59 bits per heavy atom. The molecule has 0 aliphatic carbocycles. The van der Waals surface area contributed by atoms with Gasteiger partial charge in [0.1, 0.15) is 0 Å². The average molecular weight is 508 g/mol. The van der Waals surface area contributed by atoms with E-state index in [-0.39, 0.29) is 5.91 Å². The number of halogens is 2. The minimum atomic E-state index is -1.48. The highest BCUT2D eigenvalue weighted by molar-refractivity contribution is 9.10. The van der Waals surface area contributed by atoms with Crippen molar-refractivity contribution in [3.63, 3.8) is 0 Å². The Kier molecular flexibility index (Phi) is 6.46. The van der Waals surface area contributed by atoms with Crippen LogP contribution >= 0.6 is 31.9 Å². The molecule has 0 aromatic heterocycles. The van der Waals surface area contributed by atoms with Crippen LogP contribution in [0.4, 0.5) is 11.4 Å². The molecule has 0 heterocycles. The maximum absolute atomic E-state index is 12.8. The lowest BCUT2D eigenvalue weighted by Gasteiger charge is -2.13. The normalized spacial score (nSPS) is 11.7. The first kappa shape index (κ1) is 19.8. The summed E-state index contributed by atoms with van der Waals surface area (Å²) in [5, 5.41) is 2.86. The highest BCUT2D eigenvalue weighted by Gasteiger charge is 2.15. The van der Waals surface area contributed by atoms with Crippen molar-refractivity contribution in [2.24, 2.45) is 0 Å². The molecule has 0 aliphatic heterocycles. The molecule has 2 N–H and O–H groups in total. The molecular weight excluding hydrogens is 492 g/mol. The van der Waals surface area contributed by atoms with E-state index in [1.54, 1.807) is 36.4 Å². The molecule has 138 valence electrons. The van der Waals surface area contributed by atoms with Gasteiger partial charge in [-0.25, -0.2) is 4.21 Å². The van der Waals surface area contributed by atoms with E-state index >= 15 is 0 Å². The second-order valence-corrected chi connectivity index (χ2v) is 8.80. The number of aryl methyl sites for hydroxylation is 1. The lowest BCUT2D eigenvalue weighted by atomic mass is 10.1. The van der Waals surface area contributed by atoms with Crippen LogP contribution in [0.2, 0.25) is 0 Å². The Hall–Kier alpha value is -1.96. The van der Waals surface area contributed by atoms with Crippen LogP contribution in [0.1, 0.15) is 15.9 Å². The van der Waals surface area contributed by atoms with E-state index in [1.165, 1.54) is 0 Å². The van der Waals surface area contributed by atoms with Crippen LogP contribution in [0, 0.1) is 6.92 Å². The van der Waals surface area contributed by atoms with E-state index in [9.17, 15) is 9.00 Å². The molecule has 7 heteroatoms. The molecule has 0 bridgehead atoms. The minimum absolute atomic E-state index is 0.289. The van der Waals surface area contributed by atoms with Crippen LogP contribution < -0.4 is 10.0 Å². The van der Waals surface area contributed by atoms with Gasteiger partial charge in [0, 0.05) is 14.6 Å². The van der Waals surface area contributed by atoms with Gasteiger partial charge in [0.05, 0.1) is 16.1 Å². The molecule has 0 saturated heterocycles. The van der Waals surface area contributed by atoms with Crippen molar-refractivity contribution in [1.29, 1.82) is 0 Å². The van der Waals surface area contributed by atoms with E-state index < -0.39 is 11.0 Å². The van der Waals surface area contributed by atoms with Gasteiger partial charge in [-0.15, -0.1) is 0 Å². The number of hydrogen-bond donors (Lipinski definition) is 2. The van der Waals surface area contributed by atoms with Gasteiger partial charge in [0.2, 0.25) is 0 Å². The summed E-state index contributed by atoms with van der Waals surface area (Å²) in [6, 6.07) is 20.0. The second kappa shape index (κ2) is 8.82. The van der Waals surface area contributed by atoms with Gasteiger partial charge in [-0.3, -0.25) is 4.79 Å². The molecule has 4 nitrogen and oxygen atoms in total. The predicted molar refractivity (Wildman–Crippen MR) is 117 cm³/mol. The van der Waals surface area contributed by atoms with Crippen LogP contribution in [-0.2, 0) is 11.0 Å². The molecular formula is C20H16Br2N2O2S. The summed E-state index contributed by atoms with van der Waals surface area (Å²) in [5.74, 6) is -0.289. The van der Waals surface area contributed by atoms with Crippen LogP contribution in [0.5, 0.6) is 0 Å². The monoisotopic (exact) mass is 506 g/mol. The third kappa shape index (κ3) is 5.06. The van der Waals surface area contributed by atoms with Gasteiger partial charge in [-0.05, 0) is 61.0 Å². The highest BCUT2D eigenvalue weighted by atomic mass is 79.9. The third-order valence-electron chi connectivity index (χ3n) is 3.82. The van der Waals surface area contributed by atoms with E-state index in [0.29, 0.717) is 21.8 Å². The van der Waals surface area contributed by atoms with Crippen molar-refractivity contribution >= 4 is 60.1 Å². The minimum Gasteiger partial charge on any atom is -0.322 e. The van der Waals surface area contributed by atoms with Crippen LogP contribution in [0.25, 0.3) is 0 Å². The Morgan fingerprint density at radius 1 is 0.926 bits per heavy atom. The molecule has 0 radical (unpaired) electrons. The summed E-state index contributed by atoms with van der Waals surface area (Å²) in [4.78, 5) is 13.5. The topological polar surface area (TPSA) is 58.2 Å². The molecule has 0 saturated carbocycles. The highest BCUT2D eigenvalue weighted by Crippen LogP contribution is 2.25. The molecule has 3 aromatic carbocycles. The standard InChI is InChI=1S/C20H16Br2N2O2S/c1-13-4-2-3-5-19(13)27(26)24-18-11-8-15(22)12-17(18)20(25)23-16-9-6-14(21)7-10-16/h2-12,24H,1H3,(H,23,25). The van der Waals surface area contributed by atoms with E-state index in [0.717, 1.165) is 14.5 Å². The first-order valence-electron chi connectivity index (χ1n) is 8.04. The van der Waals surface area contributed by atoms with Crippen molar-refractivity contribution in [3.8, 4) is 0 Å². The van der Waals surface area contributed by atoms with Gasteiger partial charge in [0.15, 0.2) is 11.0 Å². The number of rotatable bonds is 5. The van der Waals surface area contributed by atoms with Crippen LogP contribution in [0.15, 0.2) is 80.6 Å². The van der Waals surface area contributed by atoms with Crippen molar-refractivity contribution in [3.05, 3.63) is 86.8 Å². The number of amides is 1. The fraction of sp³-hybridized carbons (Fsp3) is 0.0500. The maximum atomic E-state index is 12.8. The van der Waals surface area contributed by atoms with Gasteiger partial charge in [-0.1, -0.05) is 50.1 Å². The Labute approximate surface area is 177 Å². The van der Waals surface area contributed by atoms with Crippen molar-refractivity contribution in [1.82, 2.24) is 0 Å². The second-order valence-electron chi connectivity index (χ2n) is 5.79. The van der Waals surface area contributed by atoms with Gasteiger partial charge < -0.3 is 10.0 Å². The zero-order chi connectivity index (χ0) is 19.4. The van der Waals surface area contributed by atoms with Gasteiger partial charge in [-0.2, -0.15) is 0 Å². The predicted octanol–water partition coefficient (Wildman–Crippen LogP) is 5.91. The summed E-state index contributed by atoms with van der Waals surface area (Å²) in [5.41, 5.74) is 2.49. The van der Waals surface area contributed by atoms with E-state index in [4.69, 9.17) is 0 Å². The molecule has 1 amide bonds. The largest absolute Gasteiger partial charge is 0.322 e.